The van der Waals surface area contributed by atoms with Crippen LogP contribution >= 0.6 is 0 Å². The molecular weight excluding hydrogens is 396 g/mol. The first-order valence-electron chi connectivity index (χ1n) is 9.75. The summed E-state index contributed by atoms with van der Waals surface area (Å²) in [6.45, 7) is 3.65. The Bertz CT molecular complexity index is 1160. The number of carbonyl (C=O) groups excluding carboxylic acids is 2. The number of amides is 1. The molecule has 1 atom stereocenters. The number of aromatic nitrogens is 3. The smallest absolute Gasteiger partial charge is 0.295 e. The summed E-state index contributed by atoms with van der Waals surface area (Å²) in [4.78, 5) is 31.7. The number of methoxy groups -OCH3 is 1. The molecule has 0 radical (unpaired) electrons. The lowest BCUT2D eigenvalue weighted by atomic mass is 9.94. The van der Waals surface area contributed by atoms with Crippen molar-refractivity contribution in [3.05, 3.63) is 82.4 Å². The number of aromatic amines is 1. The summed E-state index contributed by atoms with van der Waals surface area (Å²) in [5.41, 5.74) is 3.02. The SMILES string of the molecule is COc1cccc([C@H]2/C(=C(\O)c3c(C)n[nH]c3C)C(=O)C(=O)N2Cc2cccnc2)c1. The van der Waals surface area contributed by atoms with Crippen molar-refractivity contribution in [3.8, 4) is 5.75 Å². The van der Waals surface area contributed by atoms with Gasteiger partial charge in [0, 0.05) is 24.6 Å². The minimum atomic E-state index is -0.788. The average molecular weight is 418 g/mol. The number of Topliss-reactive ketones (excluding diaryl/α,β-unsaturated/α-hetero) is 1. The van der Waals surface area contributed by atoms with E-state index >= 15 is 0 Å². The van der Waals surface area contributed by atoms with Gasteiger partial charge in [-0.2, -0.15) is 5.10 Å². The second-order valence-corrected chi connectivity index (χ2v) is 7.37. The van der Waals surface area contributed by atoms with Crippen molar-refractivity contribution in [1.82, 2.24) is 20.1 Å². The van der Waals surface area contributed by atoms with Gasteiger partial charge >= 0.3 is 0 Å². The highest BCUT2D eigenvalue weighted by atomic mass is 16.5. The first-order valence-corrected chi connectivity index (χ1v) is 9.75. The number of carbonyl (C=O) groups is 2. The number of likely N-dealkylation sites (tertiary alicyclic amines) is 1. The monoisotopic (exact) mass is 418 g/mol. The van der Waals surface area contributed by atoms with E-state index in [0.29, 0.717) is 28.3 Å². The van der Waals surface area contributed by atoms with Gasteiger partial charge < -0.3 is 14.7 Å². The lowest BCUT2D eigenvalue weighted by Crippen LogP contribution is -2.29. The highest BCUT2D eigenvalue weighted by Gasteiger charge is 2.46. The maximum atomic E-state index is 13.1. The number of aliphatic hydroxyl groups excluding tert-OH is 1. The standard InChI is InChI=1S/C23H22N4O4/c1-13-18(14(2)26-25-13)21(28)19-20(16-7-4-8-17(10-16)31-3)27(23(30)22(19)29)12-15-6-5-9-24-11-15/h4-11,20,28H,12H2,1-3H3,(H,25,26)/b21-19+/t20-/m0/s1. The molecule has 8 heteroatoms. The summed E-state index contributed by atoms with van der Waals surface area (Å²) in [5, 5.41) is 18.1. The number of hydrogen-bond donors (Lipinski definition) is 2. The third-order valence-corrected chi connectivity index (χ3v) is 5.39. The third-order valence-electron chi connectivity index (χ3n) is 5.39. The Morgan fingerprint density at radius 1 is 1.23 bits per heavy atom. The van der Waals surface area contributed by atoms with Crippen LogP contribution in [0.5, 0.6) is 5.75 Å². The molecule has 0 unspecified atom stereocenters. The molecule has 31 heavy (non-hydrogen) atoms. The van der Waals surface area contributed by atoms with Gasteiger partial charge in [-0.25, -0.2) is 0 Å². The van der Waals surface area contributed by atoms with Crippen LogP contribution in [0.4, 0.5) is 0 Å². The third kappa shape index (κ3) is 3.56. The molecule has 2 N–H and O–H groups in total. The molecule has 1 amide bonds. The second-order valence-electron chi connectivity index (χ2n) is 7.37. The van der Waals surface area contributed by atoms with Crippen molar-refractivity contribution >= 4 is 17.4 Å². The van der Waals surface area contributed by atoms with Gasteiger partial charge in [-0.05, 0) is 43.2 Å². The van der Waals surface area contributed by atoms with Gasteiger partial charge in [0.15, 0.2) is 0 Å². The lowest BCUT2D eigenvalue weighted by molar-refractivity contribution is -0.140. The molecule has 1 aromatic carbocycles. The predicted octanol–water partition coefficient (Wildman–Crippen LogP) is 3.05. The van der Waals surface area contributed by atoms with Crippen molar-refractivity contribution in [2.24, 2.45) is 0 Å². The zero-order chi connectivity index (χ0) is 22.1. The summed E-state index contributed by atoms with van der Waals surface area (Å²) in [7, 11) is 1.55. The Morgan fingerprint density at radius 3 is 2.68 bits per heavy atom. The molecule has 0 bridgehead atoms. The van der Waals surface area contributed by atoms with Crippen molar-refractivity contribution in [3.63, 3.8) is 0 Å². The highest BCUT2D eigenvalue weighted by molar-refractivity contribution is 6.46. The maximum absolute atomic E-state index is 13.1. The molecule has 0 aliphatic carbocycles. The Labute approximate surface area is 179 Å². The minimum absolute atomic E-state index is 0.0229. The van der Waals surface area contributed by atoms with Gasteiger partial charge in [0.25, 0.3) is 11.7 Å². The summed E-state index contributed by atoms with van der Waals surface area (Å²) >= 11 is 0. The van der Waals surface area contributed by atoms with Gasteiger partial charge in [-0.1, -0.05) is 18.2 Å². The number of H-pyrrole nitrogens is 1. The van der Waals surface area contributed by atoms with Gasteiger partial charge in [0.1, 0.15) is 11.5 Å². The Kier molecular flexibility index (Phi) is 5.29. The molecule has 3 heterocycles. The van der Waals surface area contributed by atoms with Crippen LogP contribution in [0.1, 0.15) is 34.1 Å². The molecule has 0 spiro atoms. The van der Waals surface area contributed by atoms with E-state index in [0.717, 1.165) is 5.56 Å². The van der Waals surface area contributed by atoms with Crippen molar-refractivity contribution in [2.45, 2.75) is 26.4 Å². The predicted molar refractivity (Wildman–Crippen MR) is 113 cm³/mol. The number of benzene rings is 1. The fourth-order valence-electron chi connectivity index (χ4n) is 3.92. The summed E-state index contributed by atoms with van der Waals surface area (Å²) < 4.78 is 5.34. The summed E-state index contributed by atoms with van der Waals surface area (Å²) in [6, 6.07) is 9.94. The topological polar surface area (TPSA) is 108 Å². The number of aryl methyl sites for hydroxylation is 2. The van der Waals surface area contributed by atoms with E-state index in [1.807, 2.05) is 6.07 Å². The van der Waals surface area contributed by atoms with E-state index in [9.17, 15) is 14.7 Å². The van der Waals surface area contributed by atoms with Crippen LogP contribution in [0.25, 0.3) is 5.76 Å². The van der Waals surface area contributed by atoms with Crippen LogP contribution in [0.3, 0.4) is 0 Å². The maximum Gasteiger partial charge on any atom is 0.295 e. The Morgan fingerprint density at radius 2 is 2.03 bits per heavy atom. The van der Waals surface area contributed by atoms with Crippen LogP contribution < -0.4 is 4.74 Å². The lowest BCUT2D eigenvalue weighted by Gasteiger charge is -2.25. The molecule has 2 aromatic heterocycles. The minimum Gasteiger partial charge on any atom is -0.507 e. The molecule has 0 saturated carbocycles. The van der Waals surface area contributed by atoms with Crippen LogP contribution in [0.15, 0.2) is 54.4 Å². The summed E-state index contributed by atoms with van der Waals surface area (Å²) in [6.07, 6.45) is 3.29. The van der Waals surface area contributed by atoms with Crippen LogP contribution in [0, 0.1) is 13.8 Å². The van der Waals surface area contributed by atoms with Crippen molar-refractivity contribution in [1.29, 1.82) is 0 Å². The zero-order valence-corrected chi connectivity index (χ0v) is 17.4. The average Bonchev–Trinajstić information content (AvgIpc) is 3.25. The fraction of sp³-hybridized carbons (Fsp3) is 0.217. The number of hydrogen-bond acceptors (Lipinski definition) is 6. The van der Waals surface area contributed by atoms with Gasteiger partial charge in [-0.15, -0.1) is 0 Å². The molecule has 8 nitrogen and oxygen atoms in total. The van der Waals surface area contributed by atoms with Crippen molar-refractivity contribution < 1.29 is 19.4 Å². The molecule has 1 saturated heterocycles. The summed E-state index contributed by atoms with van der Waals surface area (Å²) in [5.74, 6) is -1.09. The zero-order valence-electron chi connectivity index (χ0n) is 17.4. The molecule has 4 rings (SSSR count). The number of nitrogens with one attached hydrogen (secondary N) is 1. The van der Waals surface area contributed by atoms with E-state index in [4.69, 9.17) is 4.74 Å². The first-order chi connectivity index (χ1) is 14.9. The number of aliphatic hydroxyl groups is 1. The molecule has 3 aromatic rings. The number of pyridine rings is 1. The van der Waals surface area contributed by atoms with E-state index in [1.165, 1.54) is 4.90 Å². The molecule has 1 aliphatic rings. The normalized spacial score (nSPS) is 17.9. The largest absolute Gasteiger partial charge is 0.507 e. The van der Waals surface area contributed by atoms with E-state index in [1.54, 1.807) is 63.7 Å². The second kappa shape index (κ2) is 8.06. The molecule has 1 aliphatic heterocycles. The number of ether oxygens (including phenoxy) is 1. The van der Waals surface area contributed by atoms with E-state index in [2.05, 4.69) is 15.2 Å². The molecular formula is C23H22N4O4. The first kappa shape index (κ1) is 20.3. The molecule has 1 fully saturated rings. The Hall–Kier alpha value is -3.94. The van der Waals surface area contributed by atoms with E-state index in [-0.39, 0.29) is 17.9 Å². The fourth-order valence-corrected chi connectivity index (χ4v) is 3.92. The Balaban J connectivity index is 1.91. The highest BCUT2D eigenvalue weighted by Crippen LogP contribution is 2.41. The van der Waals surface area contributed by atoms with E-state index < -0.39 is 17.7 Å². The molecule has 158 valence electrons. The van der Waals surface area contributed by atoms with Crippen LogP contribution in [0.2, 0.25) is 0 Å². The van der Waals surface area contributed by atoms with Gasteiger partial charge in [0.05, 0.1) is 30.0 Å². The van der Waals surface area contributed by atoms with Gasteiger partial charge in [0.2, 0.25) is 0 Å². The number of ketones is 1. The quantitative estimate of drug-likeness (QED) is 0.375. The number of rotatable bonds is 5. The van der Waals surface area contributed by atoms with Crippen molar-refractivity contribution in [2.75, 3.05) is 7.11 Å². The van der Waals surface area contributed by atoms with Crippen LogP contribution in [-0.4, -0.2) is 44.0 Å². The van der Waals surface area contributed by atoms with Gasteiger partial charge in [-0.3, -0.25) is 19.7 Å². The van der Waals surface area contributed by atoms with Crippen LogP contribution in [-0.2, 0) is 16.1 Å². The number of nitrogens with zero attached hydrogens (tertiary/aromatic N) is 3.